The van der Waals surface area contributed by atoms with E-state index in [0.29, 0.717) is 12.5 Å². The maximum absolute atomic E-state index is 13.6. The summed E-state index contributed by atoms with van der Waals surface area (Å²) in [5.41, 5.74) is 0.891. The highest BCUT2D eigenvalue weighted by molar-refractivity contribution is 6.21. The zero-order valence-electron chi connectivity index (χ0n) is 13.6. The third-order valence-electron chi connectivity index (χ3n) is 6.23. The monoisotopic (exact) mass is 321 g/mol. The summed E-state index contributed by atoms with van der Waals surface area (Å²) in [5.74, 6) is -0.602. The number of benzene rings is 2. The molecule has 4 heteroatoms. The van der Waals surface area contributed by atoms with Gasteiger partial charge in [-0.25, -0.2) is 0 Å². The highest BCUT2D eigenvalue weighted by atomic mass is 16.5. The molecule has 0 N–H and O–H groups in total. The van der Waals surface area contributed by atoms with E-state index in [1.165, 1.54) is 7.11 Å². The Morgan fingerprint density at radius 1 is 1.25 bits per heavy atom. The molecule has 4 nitrogen and oxygen atoms in total. The molecule has 0 amide bonds. The first-order valence-electron chi connectivity index (χ1n) is 8.61. The van der Waals surface area contributed by atoms with Crippen molar-refractivity contribution in [1.82, 2.24) is 4.90 Å². The molecule has 2 fully saturated rings. The fraction of sp³-hybridized carbons (Fsp3) is 0.400. The molecular formula is C20H19NO3. The van der Waals surface area contributed by atoms with Crippen LogP contribution in [0.4, 0.5) is 0 Å². The van der Waals surface area contributed by atoms with E-state index < -0.39 is 11.5 Å². The lowest BCUT2D eigenvalue weighted by molar-refractivity contribution is -0.148. The second kappa shape index (κ2) is 4.67. The Morgan fingerprint density at radius 3 is 2.83 bits per heavy atom. The second-order valence-electron chi connectivity index (χ2n) is 7.11. The van der Waals surface area contributed by atoms with Gasteiger partial charge in [0.15, 0.2) is 5.78 Å². The van der Waals surface area contributed by atoms with Crippen molar-refractivity contribution in [2.24, 2.45) is 5.92 Å². The van der Waals surface area contributed by atoms with Crippen molar-refractivity contribution in [2.75, 3.05) is 13.7 Å². The fourth-order valence-corrected chi connectivity index (χ4v) is 5.40. The number of Topliss-reactive ketones (excluding diaryl/α,β-unsaturated/α-hetero) is 1. The minimum atomic E-state index is -0.864. The third-order valence-corrected chi connectivity index (χ3v) is 6.23. The van der Waals surface area contributed by atoms with Crippen molar-refractivity contribution in [2.45, 2.75) is 30.8 Å². The zero-order valence-corrected chi connectivity index (χ0v) is 13.6. The number of methoxy groups -OCH3 is 1. The molecular weight excluding hydrogens is 302 g/mol. The van der Waals surface area contributed by atoms with Gasteiger partial charge in [0.25, 0.3) is 0 Å². The number of carbonyl (C=O) groups excluding carboxylic acids is 2. The largest absolute Gasteiger partial charge is 0.469 e. The van der Waals surface area contributed by atoms with Gasteiger partial charge in [0.1, 0.15) is 5.54 Å². The molecule has 2 saturated heterocycles. The van der Waals surface area contributed by atoms with Crippen LogP contribution in [0.1, 0.15) is 35.2 Å². The van der Waals surface area contributed by atoms with E-state index in [0.717, 1.165) is 41.3 Å². The molecule has 0 saturated carbocycles. The van der Waals surface area contributed by atoms with Crippen molar-refractivity contribution in [3.63, 3.8) is 0 Å². The summed E-state index contributed by atoms with van der Waals surface area (Å²) in [4.78, 5) is 28.5. The van der Waals surface area contributed by atoms with Gasteiger partial charge in [-0.3, -0.25) is 14.5 Å². The van der Waals surface area contributed by atoms with Crippen molar-refractivity contribution in [3.8, 4) is 0 Å². The Balaban J connectivity index is 1.84. The lowest BCUT2D eigenvalue weighted by Crippen LogP contribution is -2.51. The molecule has 3 unspecified atom stereocenters. The van der Waals surface area contributed by atoms with Crippen LogP contribution in [0, 0.1) is 5.92 Å². The van der Waals surface area contributed by atoms with E-state index in [1.54, 1.807) is 0 Å². The highest BCUT2D eigenvalue weighted by Gasteiger charge is 2.65. The molecule has 24 heavy (non-hydrogen) atoms. The van der Waals surface area contributed by atoms with Gasteiger partial charge in [0, 0.05) is 11.6 Å². The Kier molecular flexibility index (Phi) is 2.76. The normalized spacial score (nSPS) is 31.1. The first kappa shape index (κ1) is 14.2. The molecule has 3 aliphatic rings. The van der Waals surface area contributed by atoms with Crippen LogP contribution in [0.25, 0.3) is 10.8 Å². The van der Waals surface area contributed by atoms with Crippen LogP contribution in [0.3, 0.4) is 0 Å². The Bertz CT molecular complexity index is 884. The van der Waals surface area contributed by atoms with Crippen LogP contribution < -0.4 is 0 Å². The molecule has 1 spiro atoms. The maximum atomic E-state index is 13.6. The van der Waals surface area contributed by atoms with E-state index in [-0.39, 0.29) is 11.8 Å². The molecule has 0 bridgehead atoms. The van der Waals surface area contributed by atoms with Gasteiger partial charge in [-0.15, -0.1) is 0 Å². The number of ether oxygens (including phenoxy) is 1. The lowest BCUT2D eigenvalue weighted by atomic mass is 9.77. The summed E-state index contributed by atoms with van der Waals surface area (Å²) in [7, 11) is 1.42. The number of carbonyl (C=O) groups is 2. The average molecular weight is 321 g/mol. The van der Waals surface area contributed by atoms with Crippen LogP contribution in [-0.2, 0) is 15.1 Å². The minimum absolute atomic E-state index is 0.0779. The maximum Gasteiger partial charge on any atom is 0.311 e. The van der Waals surface area contributed by atoms with Crippen LogP contribution in [0.2, 0.25) is 0 Å². The van der Waals surface area contributed by atoms with Gasteiger partial charge in [0.05, 0.1) is 13.0 Å². The molecule has 1 aliphatic carbocycles. The van der Waals surface area contributed by atoms with E-state index in [4.69, 9.17) is 4.74 Å². The third kappa shape index (κ3) is 1.44. The Hall–Kier alpha value is -2.20. The Morgan fingerprint density at radius 2 is 2.04 bits per heavy atom. The number of rotatable bonds is 1. The van der Waals surface area contributed by atoms with Gasteiger partial charge in [-0.1, -0.05) is 36.4 Å². The topological polar surface area (TPSA) is 46.6 Å². The molecule has 2 aromatic carbocycles. The molecule has 122 valence electrons. The van der Waals surface area contributed by atoms with Crippen molar-refractivity contribution >= 4 is 22.5 Å². The minimum Gasteiger partial charge on any atom is -0.469 e. The van der Waals surface area contributed by atoms with Crippen LogP contribution in [-0.4, -0.2) is 36.3 Å². The van der Waals surface area contributed by atoms with Gasteiger partial charge >= 0.3 is 5.97 Å². The molecule has 2 aromatic rings. The first-order chi connectivity index (χ1) is 11.7. The molecule has 2 aliphatic heterocycles. The van der Waals surface area contributed by atoms with E-state index in [1.807, 2.05) is 36.4 Å². The van der Waals surface area contributed by atoms with Gasteiger partial charge in [0.2, 0.25) is 0 Å². The Labute approximate surface area is 140 Å². The predicted octanol–water partition coefficient (Wildman–Crippen LogP) is 2.89. The first-order valence-corrected chi connectivity index (χ1v) is 8.61. The summed E-state index contributed by atoms with van der Waals surface area (Å²) < 4.78 is 5.11. The molecule has 5 rings (SSSR count). The SMILES string of the molecule is COC(=O)C1CC2CCCN2C12C(=O)c1cccc3cccc2c13. The number of hydrogen-bond donors (Lipinski definition) is 0. The van der Waals surface area contributed by atoms with Gasteiger partial charge < -0.3 is 4.74 Å². The number of nitrogens with zero attached hydrogens (tertiary/aromatic N) is 1. The number of ketones is 1. The molecule has 0 aromatic heterocycles. The second-order valence-corrected chi connectivity index (χ2v) is 7.11. The molecule has 2 heterocycles. The standard InChI is InChI=1S/C20H19NO3/c1-24-19(23)16-11-13-7-4-10-21(13)20(16)15-9-3-6-12-5-2-8-14(17(12)15)18(20)22/h2-3,5-6,8-9,13,16H,4,7,10-11H2,1H3. The summed E-state index contributed by atoms with van der Waals surface area (Å²) >= 11 is 0. The van der Waals surface area contributed by atoms with E-state index in [2.05, 4.69) is 4.90 Å². The summed E-state index contributed by atoms with van der Waals surface area (Å²) in [6, 6.07) is 12.2. The van der Waals surface area contributed by atoms with Gasteiger partial charge in [-0.05, 0) is 42.1 Å². The van der Waals surface area contributed by atoms with Crippen LogP contribution in [0.5, 0.6) is 0 Å². The molecule has 0 radical (unpaired) electrons. The highest BCUT2D eigenvalue weighted by Crippen LogP contribution is 2.57. The van der Waals surface area contributed by atoms with E-state index in [9.17, 15) is 9.59 Å². The van der Waals surface area contributed by atoms with Crippen molar-refractivity contribution in [3.05, 3.63) is 47.5 Å². The average Bonchev–Trinajstić information content (AvgIpc) is 3.25. The number of fused-ring (bicyclic) bond motifs is 3. The summed E-state index contributed by atoms with van der Waals surface area (Å²) in [5, 5.41) is 2.09. The smallest absolute Gasteiger partial charge is 0.311 e. The number of hydrogen-bond acceptors (Lipinski definition) is 4. The summed E-state index contributed by atoms with van der Waals surface area (Å²) in [6.45, 7) is 0.869. The lowest BCUT2D eigenvalue weighted by Gasteiger charge is -2.37. The summed E-state index contributed by atoms with van der Waals surface area (Å²) in [6.07, 6.45) is 2.84. The number of esters is 1. The van der Waals surface area contributed by atoms with Crippen molar-refractivity contribution in [1.29, 1.82) is 0 Å². The van der Waals surface area contributed by atoms with E-state index >= 15 is 0 Å². The van der Waals surface area contributed by atoms with Crippen LogP contribution >= 0.6 is 0 Å². The van der Waals surface area contributed by atoms with Crippen LogP contribution in [0.15, 0.2) is 36.4 Å². The zero-order chi connectivity index (χ0) is 16.5. The quantitative estimate of drug-likeness (QED) is 0.758. The fourth-order valence-electron chi connectivity index (χ4n) is 5.40. The predicted molar refractivity (Wildman–Crippen MR) is 89.8 cm³/mol. The van der Waals surface area contributed by atoms with Crippen molar-refractivity contribution < 1.29 is 14.3 Å². The van der Waals surface area contributed by atoms with Gasteiger partial charge in [-0.2, -0.15) is 0 Å². The molecule has 3 atom stereocenters.